The van der Waals surface area contributed by atoms with Gasteiger partial charge in [0.15, 0.2) is 0 Å². The average Bonchev–Trinajstić information content (AvgIpc) is 2.78. The van der Waals surface area contributed by atoms with Gasteiger partial charge in [-0.25, -0.2) is 4.39 Å². The van der Waals surface area contributed by atoms with Crippen LogP contribution in [0.4, 0.5) is 4.39 Å². The van der Waals surface area contributed by atoms with E-state index < -0.39 is 0 Å². The summed E-state index contributed by atoms with van der Waals surface area (Å²) >= 11 is 0. The smallest absolute Gasteiger partial charge is 0.123 e. The fourth-order valence-electron chi connectivity index (χ4n) is 2.61. The van der Waals surface area contributed by atoms with Crippen LogP contribution >= 0.6 is 0 Å². The molecule has 0 radical (unpaired) electrons. The Balaban J connectivity index is 2.09. The van der Waals surface area contributed by atoms with Crippen molar-refractivity contribution in [3.05, 3.63) is 35.6 Å². The molecule has 0 saturated carbocycles. The molecule has 1 aliphatic heterocycles. The van der Waals surface area contributed by atoms with E-state index in [1.807, 2.05) is 13.0 Å². The summed E-state index contributed by atoms with van der Waals surface area (Å²) in [5.41, 5.74) is 0.834. The third-order valence-electron chi connectivity index (χ3n) is 4.37. The topological polar surface area (TPSA) is 32.3 Å². The van der Waals surface area contributed by atoms with E-state index in [9.17, 15) is 9.50 Å². The molecule has 1 aliphatic rings. The quantitative estimate of drug-likeness (QED) is 0.865. The number of aliphatic hydroxyl groups is 1. The first-order valence-corrected chi connectivity index (χ1v) is 6.61. The van der Waals surface area contributed by atoms with Gasteiger partial charge in [0.1, 0.15) is 5.82 Å². The number of aliphatic hydroxyl groups excluding tert-OH is 1. The third kappa shape index (κ3) is 2.57. The Kier molecular flexibility index (Phi) is 3.74. The molecule has 1 unspecified atom stereocenters. The van der Waals surface area contributed by atoms with Crippen LogP contribution < -0.4 is 5.32 Å². The Morgan fingerprint density at radius 2 is 2.11 bits per heavy atom. The van der Waals surface area contributed by atoms with Gasteiger partial charge in [0.05, 0.1) is 6.10 Å². The molecule has 1 heterocycles. The number of hydrogen-bond acceptors (Lipinski definition) is 2. The fraction of sp³-hybridized carbons (Fsp3) is 0.600. The van der Waals surface area contributed by atoms with Crippen LogP contribution in [0, 0.1) is 11.2 Å². The molecule has 0 bridgehead atoms. The van der Waals surface area contributed by atoms with E-state index in [4.69, 9.17) is 0 Å². The molecule has 1 saturated heterocycles. The zero-order chi connectivity index (χ0) is 13.3. The van der Waals surface area contributed by atoms with Crippen molar-refractivity contribution in [1.82, 2.24) is 5.32 Å². The second kappa shape index (κ2) is 4.98. The van der Waals surface area contributed by atoms with Gasteiger partial charge in [-0.15, -0.1) is 0 Å². The first-order chi connectivity index (χ1) is 8.41. The maximum atomic E-state index is 13.2. The van der Waals surface area contributed by atoms with Gasteiger partial charge < -0.3 is 10.4 Å². The fourth-order valence-corrected chi connectivity index (χ4v) is 2.61. The summed E-state index contributed by atoms with van der Waals surface area (Å²) in [5, 5.41) is 13.4. The minimum Gasteiger partial charge on any atom is -0.393 e. The molecule has 3 heteroatoms. The van der Waals surface area contributed by atoms with Crippen molar-refractivity contribution in [2.75, 3.05) is 0 Å². The molecular formula is C15H22FNO. The first kappa shape index (κ1) is 13.5. The molecule has 1 aromatic carbocycles. The molecule has 0 aliphatic carbocycles. The van der Waals surface area contributed by atoms with Gasteiger partial charge in [-0.05, 0) is 37.5 Å². The monoisotopic (exact) mass is 251 g/mol. The van der Waals surface area contributed by atoms with E-state index >= 15 is 0 Å². The van der Waals surface area contributed by atoms with Crippen LogP contribution in [0.3, 0.4) is 0 Å². The summed E-state index contributed by atoms with van der Waals surface area (Å²) in [6, 6.07) is 7.23. The Labute approximate surface area is 108 Å². The van der Waals surface area contributed by atoms with Crippen LogP contribution in [-0.2, 0) is 0 Å². The molecule has 1 fully saturated rings. The van der Waals surface area contributed by atoms with E-state index in [2.05, 4.69) is 19.2 Å². The average molecular weight is 251 g/mol. The first-order valence-electron chi connectivity index (χ1n) is 6.61. The zero-order valence-corrected chi connectivity index (χ0v) is 11.3. The van der Waals surface area contributed by atoms with Crippen LogP contribution in [0.15, 0.2) is 24.3 Å². The van der Waals surface area contributed by atoms with Crippen molar-refractivity contribution in [2.24, 2.45) is 5.41 Å². The maximum absolute atomic E-state index is 13.2. The van der Waals surface area contributed by atoms with E-state index in [1.54, 1.807) is 12.1 Å². The van der Waals surface area contributed by atoms with Crippen molar-refractivity contribution in [3.63, 3.8) is 0 Å². The van der Waals surface area contributed by atoms with Gasteiger partial charge in [0, 0.05) is 17.5 Å². The van der Waals surface area contributed by atoms with E-state index in [0.717, 1.165) is 18.4 Å². The molecule has 0 aromatic heterocycles. The summed E-state index contributed by atoms with van der Waals surface area (Å²) in [6.45, 7) is 5.98. The Hall–Kier alpha value is -0.930. The highest BCUT2D eigenvalue weighted by atomic mass is 19.1. The molecule has 2 nitrogen and oxygen atoms in total. The molecule has 2 rings (SSSR count). The van der Waals surface area contributed by atoms with Gasteiger partial charge in [-0.3, -0.25) is 0 Å². The SMILES string of the molecule is CC(O)C(C)(C)[C@H]1CC[C@@H](c2cccc(F)c2)N1. The summed E-state index contributed by atoms with van der Waals surface area (Å²) < 4.78 is 13.2. The lowest BCUT2D eigenvalue weighted by molar-refractivity contribution is 0.0397. The van der Waals surface area contributed by atoms with Crippen molar-refractivity contribution >= 4 is 0 Å². The minimum atomic E-state index is -0.360. The molecule has 100 valence electrons. The molecule has 0 amide bonds. The van der Waals surface area contributed by atoms with Crippen molar-refractivity contribution < 1.29 is 9.50 Å². The van der Waals surface area contributed by atoms with Crippen LogP contribution in [0.2, 0.25) is 0 Å². The highest BCUT2D eigenvalue weighted by Gasteiger charge is 2.38. The van der Waals surface area contributed by atoms with Crippen LogP contribution in [0.1, 0.15) is 45.2 Å². The maximum Gasteiger partial charge on any atom is 0.123 e. The summed E-state index contributed by atoms with van der Waals surface area (Å²) in [7, 11) is 0. The summed E-state index contributed by atoms with van der Waals surface area (Å²) in [4.78, 5) is 0. The molecule has 2 N–H and O–H groups in total. The summed E-state index contributed by atoms with van der Waals surface area (Å²) in [5.74, 6) is -0.187. The lowest BCUT2D eigenvalue weighted by Gasteiger charge is -2.35. The van der Waals surface area contributed by atoms with Crippen LogP contribution in [-0.4, -0.2) is 17.3 Å². The summed E-state index contributed by atoms with van der Waals surface area (Å²) in [6.07, 6.45) is 1.64. The Bertz CT molecular complexity index is 417. The van der Waals surface area contributed by atoms with Crippen LogP contribution in [0.5, 0.6) is 0 Å². The Morgan fingerprint density at radius 3 is 2.72 bits per heavy atom. The second-order valence-electron chi connectivity index (χ2n) is 5.90. The van der Waals surface area contributed by atoms with E-state index in [1.165, 1.54) is 6.07 Å². The van der Waals surface area contributed by atoms with Crippen molar-refractivity contribution in [2.45, 2.75) is 51.8 Å². The number of hydrogen-bond donors (Lipinski definition) is 2. The second-order valence-corrected chi connectivity index (χ2v) is 5.90. The van der Waals surface area contributed by atoms with Gasteiger partial charge >= 0.3 is 0 Å². The minimum absolute atomic E-state index is 0.165. The molecule has 18 heavy (non-hydrogen) atoms. The van der Waals surface area contributed by atoms with E-state index in [-0.39, 0.29) is 29.4 Å². The molecular weight excluding hydrogens is 229 g/mol. The molecule has 3 atom stereocenters. The van der Waals surface area contributed by atoms with Gasteiger partial charge in [0.2, 0.25) is 0 Å². The predicted octanol–water partition coefficient (Wildman–Crippen LogP) is 3.03. The number of benzene rings is 1. The van der Waals surface area contributed by atoms with Gasteiger partial charge in [0.25, 0.3) is 0 Å². The van der Waals surface area contributed by atoms with Crippen molar-refractivity contribution in [1.29, 1.82) is 0 Å². The lowest BCUT2D eigenvalue weighted by atomic mass is 9.79. The van der Waals surface area contributed by atoms with Crippen molar-refractivity contribution in [3.8, 4) is 0 Å². The van der Waals surface area contributed by atoms with E-state index in [0.29, 0.717) is 0 Å². The molecule has 0 spiro atoms. The van der Waals surface area contributed by atoms with Gasteiger partial charge in [-0.2, -0.15) is 0 Å². The Morgan fingerprint density at radius 1 is 1.39 bits per heavy atom. The highest BCUT2D eigenvalue weighted by molar-refractivity contribution is 5.21. The normalized spacial score (nSPS) is 26.3. The lowest BCUT2D eigenvalue weighted by Crippen LogP contribution is -2.44. The third-order valence-corrected chi connectivity index (χ3v) is 4.37. The number of nitrogens with one attached hydrogen (secondary N) is 1. The highest BCUT2D eigenvalue weighted by Crippen LogP contribution is 2.37. The van der Waals surface area contributed by atoms with Crippen LogP contribution in [0.25, 0.3) is 0 Å². The predicted molar refractivity (Wildman–Crippen MR) is 70.8 cm³/mol. The van der Waals surface area contributed by atoms with Gasteiger partial charge in [-0.1, -0.05) is 26.0 Å². The number of halogens is 1. The standard InChI is InChI=1S/C15H22FNO/c1-10(18)15(2,3)14-8-7-13(17-14)11-5-4-6-12(16)9-11/h4-6,9-10,13-14,17-18H,7-8H2,1-3H3/t10?,13-,14+/m0/s1. The molecule has 1 aromatic rings. The number of rotatable bonds is 3. The largest absolute Gasteiger partial charge is 0.393 e. The zero-order valence-electron chi connectivity index (χ0n) is 11.3.